The van der Waals surface area contributed by atoms with Crippen LogP contribution in [0.3, 0.4) is 0 Å². The van der Waals surface area contributed by atoms with Crippen molar-refractivity contribution in [2.75, 3.05) is 18.4 Å². The summed E-state index contributed by atoms with van der Waals surface area (Å²) in [6.07, 6.45) is 0.0337. The van der Waals surface area contributed by atoms with Crippen LogP contribution in [0.5, 0.6) is 0 Å². The number of halogens is 2. The third-order valence-electron chi connectivity index (χ3n) is 4.78. The minimum Gasteiger partial charge on any atom is -0.378 e. The molecule has 0 radical (unpaired) electrons. The number of benzene rings is 2. The van der Waals surface area contributed by atoms with Gasteiger partial charge in [-0.05, 0) is 32.0 Å². The predicted molar refractivity (Wildman–Crippen MR) is 111 cm³/mol. The first-order valence-electron chi connectivity index (χ1n) is 9.52. The van der Waals surface area contributed by atoms with E-state index < -0.39 is 16.6 Å². The van der Waals surface area contributed by atoms with E-state index in [0.29, 0.717) is 29.2 Å². The molecule has 1 heterocycles. The van der Waals surface area contributed by atoms with Gasteiger partial charge in [0.15, 0.2) is 5.82 Å². The molecule has 1 amide bonds. The molecular weight excluding hydrogens is 408 g/mol. The van der Waals surface area contributed by atoms with Crippen molar-refractivity contribution in [2.45, 2.75) is 20.3 Å². The van der Waals surface area contributed by atoms with E-state index in [-0.39, 0.29) is 30.2 Å². The van der Waals surface area contributed by atoms with Crippen LogP contribution in [0.25, 0.3) is 5.69 Å². The fraction of sp³-hybridized carbons (Fsp3) is 0.238. The normalized spacial score (nSPS) is 10.7. The van der Waals surface area contributed by atoms with E-state index in [0.717, 1.165) is 12.1 Å². The van der Waals surface area contributed by atoms with Gasteiger partial charge in [0.1, 0.15) is 17.2 Å². The summed E-state index contributed by atoms with van der Waals surface area (Å²) >= 11 is 0. The zero-order valence-electron chi connectivity index (χ0n) is 17.0. The molecule has 1 aromatic heterocycles. The van der Waals surface area contributed by atoms with Crippen LogP contribution >= 0.6 is 0 Å². The average molecular weight is 429 g/mol. The lowest BCUT2D eigenvalue weighted by atomic mass is 10.1. The number of nitrogens with one attached hydrogen (secondary N) is 2. The molecule has 0 fully saturated rings. The molecular formula is C21H21F2N5O3. The molecule has 0 atom stereocenters. The SMILES string of the molecule is Cc1nn(-c2ccc(F)cc2F)c(C)c1CC(=O)NCCNc1ccccc1[N+](=O)[O-]. The minimum atomic E-state index is -0.748. The van der Waals surface area contributed by atoms with Crippen molar-refractivity contribution in [1.82, 2.24) is 15.1 Å². The molecule has 0 saturated heterocycles. The summed E-state index contributed by atoms with van der Waals surface area (Å²) in [6.45, 7) is 3.98. The van der Waals surface area contributed by atoms with E-state index in [1.54, 1.807) is 32.0 Å². The van der Waals surface area contributed by atoms with Gasteiger partial charge in [0.2, 0.25) is 5.91 Å². The molecule has 0 aliphatic heterocycles. The van der Waals surface area contributed by atoms with Crippen molar-refractivity contribution in [3.05, 3.63) is 81.2 Å². The Bertz CT molecular complexity index is 1130. The van der Waals surface area contributed by atoms with Gasteiger partial charge in [-0.15, -0.1) is 0 Å². The number of aryl methyl sites for hydroxylation is 1. The minimum absolute atomic E-state index is 0.0337. The third kappa shape index (κ3) is 5.03. The summed E-state index contributed by atoms with van der Waals surface area (Å²) in [7, 11) is 0. The molecule has 2 aromatic carbocycles. The zero-order valence-corrected chi connectivity index (χ0v) is 17.0. The summed E-state index contributed by atoms with van der Waals surface area (Å²) in [6, 6.07) is 9.47. The topological polar surface area (TPSA) is 102 Å². The Kier molecular flexibility index (Phi) is 6.58. The number of anilines is 1. The number of carbonyl (C=O) groups excluding carboxylic acids is 1. The maximum Gasteiger partial charge on any atom is 0.292 e. The van der Waals surface area contributed by atoms with E-state index >= 15 is 0 Å². The van der Waals surface area contributed by atoms with E-state index in [2.05, 4.69) is 15.7 Å². The summed E-state index contributed by atoms with van der Waals surface area (Å²) in [5.74, 6) is -1.70. The van der Waals surface area contributed by atoms with Gasteiger partial charge in [-0.25, -0.2) is 13.5 Å². The van der Waals surface area contributed by atoms with E-state index in [4.69, 9.17) is 0 Å². The average Bonchev–Trinajstić information content (AvgIpc) is 2.99. The number of nitro benzene ring substituents is 1. The highest BCUT2D eigenvalue weighted by Crippen LogP contribution is 2.23. The van der Waals surface area contributed by atoms with Crippen LogP contribution in [0.1, 0.15) is 17.0 Å². The number of hydrogen-bond acceptors (Lipinski definition) is 5. The van der Waals surface area contributed by atoms with Crippen molar-refractivity contribution in [3.8, 4) is 5.69 Å². The van der Waals surface area contributed by atoms with Crippen molar-refractivity contribution in [2.24, 2.45) is 0 Å². The van der Waals surface area contributed by atoms with E-state index in [1.807, 2.05) is 0 Å². The second-order valence-corrected chi connectivity index (χ2v) is 6.88. The van der Waals surface area contributed by atoms with Gasteiger partial charge in [-0.3, -0.25) is 14.9 Å². The summed E-state index contributed by atoms with van der Waals surface area (Å²) in [4.78, 5) is 22.9. The lowest BCUT2D eigenvalue weighted by molar-refractivity contribution is -0.384. The Labute approximate surface area is 177 Å². The number of rotatable bonds is 8. The van der Waals surface area contributed by atoms with E-state index in [1.165, 1.54) is 16.8 Å². The third-order valence-corrected chi connectivity index (χ3v) is 4.78. The smallest absolute Gasteiger partial charge is 0.292 e. The number of nitrogens with zero attached hydrogens (tertiary/aromatic N) is 3. The Balaban J connectivity index is 1.60. The molecule has 0 spiro atoms. The van der Waals surface area contributed by atoms with Gasteiger partial charge in [0.05, 0.1) is 17.0 Å². The fourth-order valence-corrected chi connectivity index (χ4v) is 3.22. The molecule has 8 nitrogen and oxygen atoms in total. The van der Waals surface area contributed by atoms with Gasteiger partial charge in [0, 0.05) is 36.5 Å². The van der Waals surface area contributed by atoms with Crippen LogP contribution < -0.4 is 10.6 Å². The quantitative estimate of drug-likeness (QED) is 0.324. The maximum atomic E-state index is 14.1. The van der Waals surface area contributed by atoms with Gasteiger partial charge in [-0.2, -0.15) is 5.10 Å². The first-order valence-corrected chi connectivity index (χ1v) is 9.52. The number of hydrogen-bond donors (Lipinski definition) is 2. The first kappa shape index (κ1) is 21.9. The van der Waals surface area contributed by atoms with Crippen LogP contribution in [-0.2, 0) is 11.2 Å². The Hall–Kier alpha value is -3.82. The first-order chi connectivity index (χ1) is 14.8. The van der Waals surface area contributed by atoms with Gasteiger partial charge < -0.3 is 10.6 Å². The number of amides is 1. The fourth-order valence-electron chi connectivity index (χ4n) is 3.22. The zero-order chi connectivity index (χ0) is 22.5. The lowest BCUT2D eigenvalue weighted by Crippen LogP contribution is -2.30. The summed E-state index contributed by atoms with van der Waals surface area (Å²) in [5, 5.41) is 21.0. The Morgan fingerprint density at radius 3 is 2.61 bits per heavy atom. The molecule has 10 heteroatoms. The van der Waals surface area contributed by atoms with Crippen LogP contribution in [0.4, 0.5) is 20.2 Å². The van der Waals surface area contributed by atoms with Gasteiger partial charge >= 0.3 is 0 Å². The van der Waals surface area contributed by atoms with Crippen LogP contribution in [0.15, 0.2) is 42.5 Å². The van der Waals surface area contributed by atoms with Crippen molar-refractivity contribution in [1.29, 1.82) is 0 Å². The molecule has 0 bridgehead atoms. The number of aromatic nitrogens is 2. The van der Waals surface area contributed by atoms with Crippen molar-refractivity contribution in [3.63, 3.8) is 0 Å². The number of para-hydroxylation sites is 2. The maximum absolute atomic E-state index is 14.1. The molecule has 0 aliphatic rings. The standard InChI is InChI=1S/C21H21F2N5O3/c1-13-16(14(2)27(26-13)19-8-7-15(22)11-17(19)23)12-21(29)25-10-9-24-18-5-3-4-6-20(18)28(30)31/h3-8,11,24H,9-10,12H2,1-2H3,(H,25,29). The molecule has 2 N–H and O–H groups in total. The Morgan fingerprint density at radius 2 is 1.90 bits per heavy atom. The van der Waals surface area contributed by atoms with Gasteiger partial charge in [-0.1, -0.05) is 12.1 Å². The highest BCUT2D eigenvalue weighted by atomic mass is 19.1. The van der Waals surface area contributed by atoms with Crippen LogP contribution in [0.2, 0.25) is 0 Å². The Morgan fingerprint density at radius 1 is 1.16 bits per heavy atom. The molecule has 3 aromatic rings. The largest absolute Gasteiger partial charge is 0.378 e. The number of nitro groups is 1. The lowest BCUT2D eigenvalue weighted by Gasteiger charge is -2.09. The van der Waals surface area contributed by atoms with E-state index in [9.17, 15) is 23.7 Å². The van der Waals surface area contributed by atoms with Crippen molar-refractivity contribution < 1.29 is 18.5 Å². The predicted octanol–water partition coefficient (Wildman–Crippen LogP) is 3.45. The molecule has 3 rings (SSSR count). The summed E-state index contributed by atoms with van der Waals surface area (Å²) < 4.78 is 28.6. The molecule has 31 heavy (non-hydrogen) atoms. The highest BCUT2D eigenvalue weighted by molar-refractivity contribution is 5.79. The van der Waals surface area contributed by atoms with Crippen LogP contribution in [-0.4, -0.2) is 33.7 Å². The highest BCUT2D eigenvalue weighted by Gasteiger charge is 2.18. The molecule has 0 saturated carbocycles. The second-order valence-electron chi connectivity index (χ2n) is 6.88. The molecule has 0 aliphatic carbocycles. The molecule has 162 valence electrons. The van der Waals surface area contributed by atoms with Crippen molar-refractivity contribution >= 4 is 17.3 Å². The summed E-state index contributed by atoms with van der Waals surface area (Å²) in [5.41, 5.74) is 2.22. The number of carbonyl (C=O) groups is 1. The second kappa shape index (κ2) is 9.33. The van der Waals surface area contributed by atoms with Gasteiger partial charge in [0.25, 0.3) is 5.69 Å². The van der Waals surface area contributed by atoms with Crippen LogP contribution in [0, 0.1) is 35.6 Å². The monoisotopic (exact) mass is 429 g/mol. The molecule has 0 unspecified atom stereocenters.